The van der Waals surface area contributed by atoms with Crippen LogP contribution in [-0.2, 0) is 6.54 Å². The van der Waals surface area contributed by atoms with Crippen molar-refractivity contribution in [2.75, 3.05) is 37.8 Å². The zero-order valence-electron chi connectivity index (χ0n) is 18.3. The molecule has 2 amide bonds. The summed E-state index contributed by atoms with van der Waals surface area (Å²) in [5.74, 6) is -2.69. The van der Waals surface area contributed by atoms with Crippen LogP contribution in [0, 0.1) is 11.6 Å². The summed E-state index contributed by atoms with van der Waals surface area (Å²) in [7, 11) is 3.99. The highest BCUT2D eigenvalue weighted by atomic mass is 19.2. The number of carbonyl (C=O) groups is 2. The van der Waals surface area contributed by atoms with Crippen molar-refractivity contribution < 1.29 is 18.4 Å². The van der Waals surface area contributed by atoms with Gasteiger partial charge in [-0.15, -0.1) is 0 Å². The maximum Gasteiger partial charge on any atom is 0.255 e. The molecule has 1 aliphatic rings. The molecule has 4 rings (SSSR count). The van der Waals surface area contributed by atoms with Gasteiger partial charge in [-0.05, 0) is 61.6 Å². The number of carbonyl (C=O) groups excluding carboxylic acids is 2. The average Bonchev–Trinajstić information content (AvgIpc) is 3.18. The van der Waals surface area contributed by atoms with E-state index >= 15 is 0 Å². The molecule has 0 bridgehead atoms. The van der Waals surface area contributed by atoms with Crippen molar-refractivity contribution in [3.63, 3.8) is 0 Å². The second-order valence-corrected chi connectivity index (χ2v) is 8.06. The Kier molecular flexibility index (Phi) is 6.37. The maximum absolute atomic E-state index is 14.4. The summed E-state index contributed by atoms with van der Waals surface area (Å²) in [5, 5.41) is 8.75. The molecule has 3 N–H and O–H groups in total. The van der Waals surface area contributed by atoms with Gasteiger partial charge in [-0.2, -0.15) is 0 Å². The number of fused-ring (bicyclic) bond motifs is 1. The summed E-state index contributed by atoms with van der Waals surface area (Å²) in [6, 6.07) is 14.1. The summed E-state index contributed by atoms with van der Waals surface area (Å²) in [4.78, 5) is 27.4. The Hall–Kier alpha value is -3.78. The summed E-state index contributed by atoms with van der Waals surface area (Å²) >= 11 is 0. The lowest BCUT2D eigenvalue weighted by Gasteiger charge is -2.14. The van der Waals surface area contributed by atoms with Crippen LogP contribution in [0.4, 0.5) is 20.2 Å². The summed E-state index contributed by atoms with van der Waals surface area (Å²) in [5.41, 5.74) is 2.90. The van der Waals surface area contributed by atoms with Crippen molar-refractivity contribution in [1.82, 2.24) is 10.2 Å². The van der Waals surface area contributed by atoms with Gasteiger partial charge in [-0.1, -0.05) is 18.2 Å². The minimum absolute atomic E-state index is 0.0676. The molecule has 6 nitrogen and oxygen atoms in total. The van der Waals surface area contributed by atoms with Crippen molar-refractivity contribution in [3.05, 3.63) is 82.9 Å². The fourth-order valence-electron chi connectivity index (χ4n) is 3.77. The lowest BCUT2D eigenvalue weighted by Crippen LogP contribution is -2.20. The van der Waals surface area contributed by atoms with Gasteiger partial charge in [-0.25, -0.2) is 8.78 Å². The van der Waals surface area contributed by atoms with E-state index < -0.39 is 11.6 Å². The topological polar surface area (TPSA) is 73.5 Å². The van der Waals surface area contributed by atoms with Crippen LogP contribution in [0.15, 0.2) is 54.6 Å². The summed E-state index contributed by atoms with van der Waals surface area (Å²) in [6.07, 6.45) is 0. The third-order valence-electron chi connectivity index (χ3n) is 5.49. The van der Waals surface area contributed by atoms with Crippen molar-refractivity contribution in [2.24, 2.45) is 0 Å². The van der Waals surface area contributed by atoms with Crippen LogP contribution in [0.5, 0.6) is 0 Å². The van der Waals surface area contributed by atoms with Gasteiger partial charge in [0.25, 0.3) is 11.8 Å². The Balaban J connectivity index is 1.57. The molecular formula is C25H24F2N4O2. The van der Waals surface area contributed by atoms with Crippen LogP contribution < -0.4 is 16.0 Å². The quantitative estimate of drug-likeness (QED) is 0.507. The molecule has 0 fully saturated rings. The van der Waals surface area contributed by atoms with Crippen molar-refractivity contribution in [1.29, 1.82) is 0 Å². The molecule has 170 valence electrons. The lowest BCUT2D eigenvalue weighted by atomic mass is 9.95. The van der Waals surface area contributed by atoms with E-state index in [4.69, 9.17) is 0 Å². The number of anilines is 2. The molecular weight excluding hydrogens is 426 g/mol. The fourth-order valence-corrected chi connectivity index (χ4v) is 3.77. The largest absolute Gasteiger partial charge is 0.384 e. The molecule has 0 unspecified atom stereocenters. The number of hydrogen-bond acceptors (Lipinski definition) is 4. The van der Waals surface area contributed by atoms with Gasteiger partial charge in [0.05, 0.1) is 11.3 Å². The third-order valence-corrected chi connectivity index (χ3v) is 5.49. The van der Waals surface area contributed by atoms with Crippen LogP contribution in [0.3, 0.4) is 0 Å². The Morgan fingerprint density at radius 2 is 1.79 bits per heavy atom. The average molecular weight is 450 g/mol. The molecule has 3 aromatic rings. The minimum Gasteiger partial charge on any atom is -0.384 e. The van der Waals surface area contributed by atoms with Crippen LogP contribution in [0.1, 0.15) is 26.3 Å². The van der Waals surface area contributed by atoms with Crippen LogP contribution >= 0.6 is 0 Å². The van der Waals surface area contributed by atoms with Crippen molar-refractivity contribution in [3.8, 4) is 11.1 Å². The third kappa shape index (κ3) is 4.70. The highest BCUT2D eigenvalue weighted by molar-refractivity contribution is 6.11. The first-order chi connectivity index (χ1) is 15.8. The SMILES string of the molecule is CN(C)CCNc1ccc(C(=O)Nc2ccc(-c3cccc(F)c3F)c3c2C(=O)NC3)cc1. The fraction of sp³-hybridized carbons (Fsp3) is 0.200. The maximum atomic E-state index is 14.4. The Bertz CT molecular complexity index is 1210. The molecule has 33 heavy (non-hydrogen) atoms. The van der Waals surface area contributed by atoms with E-state index in [-0.39, 0.29) is 29.5 Å². The van der Waals surface area contributed by atoms with Gasteiger partial charge in [0, 0.05) is 36.4 Å². The second kappa shape index (κ2) is 9.38. The molecule has 1 aliphatic heterocycles. The molecule has 0 radical (unpaired) electrons. The molecule has 3 aromatic carbocycles. The zero-order valence-corrected chi connectivity index (χ0v) is 18.3. The number of rotatable bonds is 7. The van der Waals surface area contributed by atoms with Crippen LogP contribution in [-0.4, -0.2) is 43.9 Å². The molecule has 0 atom stereocenters. The number of hydrogen-bond donors (Lipinski definition) is 3. The predicted molar refractivity (Wildman–Crippen MR) is 124 cm³/mol. The zero-order chi connectivity index (χ0) is 23.5. The minimum atomic E-state index is -0.977. The van der Waals surface area contributed by atoms with Gasteiger partial charge in [0.1, 0.15) is 0 Å². The number of amides is 2. The Morgan fingerprint density at radius 3 is 2.52 bits per heavy atom. The molecule has 0 spiro atoms. The molecule has 0 saturated carbocycles. The first-order valence-corrected chi connectivity index (χ1v) is 10.5. The molecule has 8 heteroatoms. The highest BCUT2D eigenvalue weighted by Crippen LogP contribution is 2.35. The first-order valence-electron chi connectivity index (χ1n) is 10.5. The van der Waals surface area contributed by atoms with Crippen molar-refractivity contribution in [2.45, 2.75) is 6.54 Å². The van der Waals surface area contributed by atoms with E-state index in [1.54, 1.807) is 24.3 Å². The van der Waals surface area contributed by atoms with Crippen LogP contribution in [0.25, 0.3) is 11.1 Å². The number of benzene rings is 3. The van der Waals surface area contributed by atoms with E-state index in [1.807, 2.05) is 26.2 Å². The van der Waals surface area contributed by atoms with Gasteiger partial charge in [-0.3, -0.25) is 9.59 Å². The smallest absolute Gasteiger partial charge is 0.255 e. The van der Waals surface area contributed by atoms with E-state index in [9.17, 15) is 18.4 Å². The Morgan fingerprint density at radius 1 is 1.03 bits per heavy atom. The number of nitrogens with one attached hydrogen (secondary N) is 3. The molecule has 0 saturated heterocycles. The first kappa shape index (κ1) is 22.4. The highest BCUT2D eigenvalue weighted by Gasteiger charge is 2.28. The number of nitrogens with zero attached hydrogens (tertiary/aromatic N) is 1. The lowest BCUT2D eigenvalue weighted by molar-refractivity contribution is 0.0966. The standard InChI is InChI=1S/C25H24F2N4O2/c1-31(2)13-12-28-16-8-6-15(7-9-16)24(32)30-21-11-10-17(19-14-29-25(33)22(19)21)18-4-3-5-20(26)23(18)27/h3-11,28H,12-14H2,1-2H3,(H,29,33)(H,30,32). The Labute approximate surface area is 190 Å². The number of likely N-dealkylation sites (N-methyl/N-ethyl adjacent to an activating group) is 1. The van der Waals surface area contributed by atoms with E-state index in [1.165, 1.54) is 12.1 Å². The predicted octanol–water partition coefficient (Wildman–Crippen LogP) is 4.10. The van der Waals surface area contributed by atoms with Crippen LogP contribution in [0.2, 0.25) is 0 Å². The van der Waals surface area contributed by atoms with Gasteiger partial charge in [0.15, 0.2) is 11.6 Å². The van der Waals surface area contributed by atoms with Gasteiger partial charge in [0.2, 0.25) is 0 Å². The molecule has 0 aromatic heterocycles. The molecule has 1 heterocycles. The summed E-state index contributed by atoms with van der Waals surface area (Å²) < 4.78 is 28.1. The number of halogens is 2. The van der Waals surface area contributed by atoms with E-state index in [0.29, 0.717) is 22.4 Å². The van der Waals surface area contributed by atoms with Crippen molar-refractivity contribution >= 4 is 23.2 Å². The summed E-state index contributed by atoms with van der Waals surface area (Å²) in [6.45, 7) is 1.82. The van der Waals surface area contributed by atoms with Gasteiger partial charge >= 0.3 is 0 Å². The monoisotopic (exact) mass is 450 g/mol. The molecule has 0 aliphatic carbocycles. The normalized spacial score (nSPS) is 12.5. The second-order valence-electron chi connectivity index (χ2n) is 8.06. The van der Waals surface area contributed by atoms with Gasteiger partial charge < -0.3 is 20.9 Å². The van der Waals surface area contributed by atoms with E-state index in [2.05, 4.69) is 20.9 Å². The van der Waals surface area contributed by atoms with E-state index in [0.717, 1.165) is 24.8 Å².